The molecule has 0 bridgehead atoms. The molecule has 1 aromatic carbocycles. The molecule has 0 aliphatic carbocycles. The number of rotatable bonds is 3. The summed E-state index contributed by atoms with van der Waals surface area (Å²) in [5.74, 6) is -0.754. The van der Waals surface area contributed by atoms with Crippen molar-refractivity contribution in [1.82, 2.24) is 10.1 Å². The topological polar surface area (TPSA) is 77.6 Å². The van der Waals surface area contributed by atoms with Gasteiger partial charge in [-0.3, -0.25) is 0 Å². The molecule has 2 heterocycles. The number of ether oxygens (including phenoxy) is 1. The van der Waals surface area contributed by atoms with Crippen LogP contribution in [-0.4, -0.2) is 39.1 Å². The van der Waals surface area contributed by atoms with Crippen LogP contribution in [0, 0.1) is 0 Å². The normalized spacial score (nSPS) is 17.6. The van der Waals surface area contributed by atoms with Gasteiger partial charge in [0.1, 0.15) is 0 Å². The van der Waals surface area contributed by atoms with Crippen LogP contribution in [0.2, 0.25) is 0 Å². The second-order valence-electron chi connectivity index (χ2n) is 5.20. The minimum atomic E-state index is -4.68. The molecule has 1 aromatic heterocycles. The number of hydrogen-bond acceptors (Lipinski definition) is 6. The van der Waals surface area contributed by atoms with Gasteiger partial charge in [-0.1, -0.05) is 23.4 Å². The van der Waals surface area contributed by atoms with Gasteiger partial charge < -0.3 is 9.26 Å². The van der Waals surface area contributed by atoms with Crippen molar-refractivity contribution in [1.29, 1.82) is 0 Å². The SMILES string of the molecule is O=S1(=NCc2cccc(-c3noc(C(F)(F)F)n3)c2)CCOCC1. The average Bonchev–Trinajstić information content (AvgIpc) is 3.04. The van der Waals surface area contributed by atoms with E-state index >= 15 is 0 Å². The van der Waals surface area contributed by atoms with E-state index in [0.29, 0.717) is 35.8 Å². The minimum absolute atomic E-state index is 0.153. The quantitative estimate of drug-likeness (QED) is 0.840. The van der Waals surface area contributed by atoms with Crippen molar-refractivity contribution in [3.8, 4) is 11.4 Å². The minimum Gasteiger partial charge on any atom is -0.379 e. The maximum Gasteiger partial charge on any atom is 0.471 e. The molecule has 6 nitrogen and oxygen atoms in total. The van der Waals surface area contributed by atoms with Crippen LogP contribution < -0.4 is 0 Å². The molecule has 0 atom stereocenters. The molecule has 0 unspecified atom stereocenters. The van der Waals surface area contributed by atoms with Crippen molar-refractivity contribution in [2.45, 2.75) is 12.7 Å². The van der Waals surface area contributed by atoms with Crippen LogP contribution in [-0.2, 0) is 27.2 Å². The van der Waals surface area contributed by atoms with Gasteiger partial charge in [-0.15, -0.1) is 0 Å². The fourth-order valence-electron chi connectivity index (χ4n) is 2.17. The van der Waals surface area contributed by atoms with Crippen LogP contribution in [0.25, 0.3) is 11.4 Å². The van der Waals surface area contributed by atoms with E-state index in [-0.39, 0.29) is 12.4 Å². The summed E-state index contributed by atoms with van der Waals surface area (Å²) in [6, 6.07) is 6.58. The lowest BCUT2D eigenvalue weighted by Gasteiger charge is -2.16. The van der Waals surface area contributed by atoms with Crippen molar-refractivity contribution < 1.29 is 26.6 Å². The van der Waals surface area contributed by atoms with Gasteiger partial charge in [-0.05, 0) is 11.6 Å². The molecule has 1 saturated heterocycles. The van der Waals surface area contributed by atoms with Gasteiger partial charge in [0.15, 0.2) is 0 Å². The highest BCUT2D eigenvalue weighted by Gasteiger charge is 2.38. The summed E-state index contributed by atoms with van der Waals surface area (Å²) in [5, 5.41) is 3.35. The summed E-state index contributed by atoms with van der Waals surface area (Å²) in [4.78, 5) is 3.35. The third-order valence-electron chi connectivity index (χ3n) is 3.43. The Labute approximate surface area is 136 Å². The second-order valence-corrected chi connectivity index (χ2v) is 7.82. The Morgan fingerprint density at radius 1 is 1.25 bits per heavy atom. The van der Waals surface area contributed by atoms with E-state index in [9.17, 15) is 17.4 Å². The summed E-state index contributed by atoms with van der Waals surface area (Å²) in [7, 11) is -2.28. The molecule has 1 aliphatic heterocycles. The third kappa shape index (κ3) is 3.93. The van der Waals surface area contributed by atoms with Crippen molar-refractivity contribution in [3.63, 3.8) is 0 Å². The summed E-state index contributed by atoms with van der Waals surface area (Å²) in [5.41, 5.74) is 1.09. The highest BCUT2D eigenvalue weighted by atomic mass is 32.2. The summed E-state index contributed by atoms with van der Waals surface area (Å²) >= 11 is 0. The third-order valence-corrected chi connectivity index (χ3v) is 5.64. The van der Waals surface area contributed by atoms with Crippen LogP contribution in [0.5, 0.6) is 0 Å². The van der Waals surface area contributed by atoms with E-state index in [4.69, 9.17) is 4.74 Å². The lowest BCUT2D eigenvalue weighted by Crippen LogP contribution is -2.25. The van der Waals surface area contributed by atoms with E-state index < -0.39 is 21.8 Å². The van der Waals surface area contributed by atoms with E-state index in [2.05, 4.69) is 19.0 Å². The predicted octanol–water partition coefficient (Wildman–Crippen LogP) is 2.75. The van der Waals surface area contributed by atoms with Gasteiger partial charge in [-0.25, -0.2) is 8.57 Å². The van der Waals surface area contributed by atoms with Gasteiger partial charge in [0.25, 0.3) is 0 Å². The highest BCUT2D eigenvalue weighted by molar-refractivity contribution is 7.93. The molecule has 10 heteroatoms. The lowest BCUT2D eigenvalue weighted by molar-refractivity contribution is -0.159. The van der Waals surface area contributed by atoms with Crippen LogP contribution in [0.4, 0.5) is 13.2 Å². The number of aromatic nitrogens is 2. The standard InChI is InChI=1S/C14H14F3N3O3S/c15-14(16,17)13-19-12(20-23-13)11-3-1-2-10(8-11)9-18-24(21)6-4-22-5-7-24/h1-3,8H,4-7,9H2. The predicted molar refractivity (Wildman–Crippen MR) is 79.6 cm³/mol. The summed E-state index contributed by atoms with van der Waals surface area (Å²) in [6.07, 6.45) is -4.68. The van der Waals surface area contributed by atoms with Crippen molar-refractivity contribution in [2.24, 2.45) is 4.36 Å². The molecule has 0 spiro atoms. The van der Waals surface area contributed by atoms with Crippen LogP contribution >= 0.6 is 0 Å². The average molecular weight is 361 g/mol. The van der Waals surface area contributed by atoms with E-state index in [1.165, 1.54) is 0 Å². The van der Waals surface area contributed by atoms with E-state index in [1.54, 1.807) is 24.3 Å². The molecule has 24 heavy (non-hydrogen) atoms. The first kappa shape index (κ1) is 16.9. The maximum atomic E-state index is 12.5. The Bertz CT molecular complexity index is 829. The monoisotopic (exact) mass is 361 g/mol. The Morgan fingerprint density at radius 3 is 2.67 bits per heavy atom. The largest absolute Gasteiger partial charge is 0.471 e. The molecule has 0 radical (unpaired) electrons. The molecular weight excluding hydrogens is 347 g/mol. The zero-order valence-corrected chi connectivity index (χ0v) is 13.3. The van der Waals surface area contributed by atoms with E-state index in [1.807, 2.05) is 0 Å². The lowest BCUT2D eigenvalue weighted by atomic mass is 10.1. The first-order valence-electron chi connectivity index (χ1n) is 7.12. The van der Waals surface area contributed by atoms with Crippen LogP contribution in [0.1, 0.15) is 11.5 Å². The molecule has 2 aromatic rings. The summed E-state index contributed by atoms with van der Waals surface area (Å²) in [6.45, 7) is 1.05. The van der Waals surface area contributed by atoms with Gasteiger partial charge in [-0.2, -0.15) is 18.2 Å². The molecule has 0 N–H and O–H groups in total. The van der Waals surface area contributed by atoms with Crippen LogP contribution in [0.15, 0.2) is 33.2 Å². The van der Waals surface area contributed by atoms with Crippen molar-refractivity contribution in [2.75, 3.05) is 24.7 Å². The number of alkyl halides is 3. The van der Waals surface area contributed by atoms with Crippen molar-refractivity contribution in [3.05, 3.63) is 35.7 Å². The fraction of sp³-hybridized carbons (Fsp3) is 0.429. The Kier molecular flexibility index (Phi) is 4.59. The number of halogens is 3. The smallest absolute Gasteiger partial charge is 0.379 e. The Morgan fingerprint density at radius 2 is 2.00 bits per heavy atom. The van der Waals surface area contributed by atoms with Crippen molar-refractivity contribution >= 4 is 9.73 Å². The Balaban J connectivity index is 1.81. The first-order chi connectivity index (χ1) is 11.4. The maximum absolute atomic E-state index is 12.5. The molecule has 1 fully saturated rings. The molecule has 1 aliphatic rings. The number of nitrogens with zero attached hydrogens (tertiary/aromatic N) is 3. The second kappa shape index (κ2) is 6.52. The molecule has 0 amide bonds. The molecule has 130 valence electrons. The zero-order valence-electron chi connectivity index (χ0n) is 12.5. The van der Waals surface area contributed by atoms with Gasteiger partial charge in [0, 0.05) is 5.56 Å². The van der Waals surface area contributed by atoms with Crippen LogP contribution in [0.3, 0.4) is 0 Å². The first-order valence-corrected chi connectivity index (χ1v) is 8.97. The van der Waals surface area contributed by atoms with Gasteiger partial charge in [0.2, 0.25) is 5.82 Å². The number of benzene rings is 1. The molecule has 0 saturated carbocycles. The van der Waals surface area contributed by atoms with E-state index in [0.717, 1.165) is 0 Å². The van der Waals surface area contributed by atoms with Gasteiger partial charge in [0.05, 0.1) is 41.0 Å². The zero-order chi connectivity index (χ0) is 17.2. The van der Waals surface area contributed by atoms with Gasteiger partial charge >= 0.3 is 12.1 Å². The molecule has 3 rings (SSSR count). The molecular formula is C14H14F3N3O3S. The highest BCUT2D eigenvalue weighted by Crippen LogP contribution is 2.29. The fourth-order valence-corrected chi connectivity index (χ4v) is 3.77. The number of hydrogen-bond donors (Lipinski definition) is 0. The Hall–Kier alpha value is -1.94. The summed E-state index contributed by atoms with van der Waals surface area (Å²) < 4.78 is 63.6.